The SMILES string of the molecule is C=C/C=N\C=C(/C=C)C(C)(CCCCCC)CCCCCC. The van der Waals surface area contributed by atoms with Crippen LogP contribution in [0.3, 0.4) is 0 Å². The summed E-state index contributed by atoms with van der Waals surface area (Å²) in [7, 11) is 0. The Morgan fingerprint density at radius 2 is 1.45 bits per heavy atom. The first-order chi connectivity index (χ1) is 10.6. The molecule has 0 saturated carbocycles. The molecular weight excluding hydrogens is 266 g/mol. The van der Waals surface area contributed by atoms with Gasteiger partial charge < -0.3 is 0 Å². The molecular formula is C21H37N. The van der Waals surface area contributed by atoms with E-state index in [1.165, 1.54) is 69.8 Å². The van der Waals surface area contributed by atoms with Gasteiger partial charge in [0.25, 0.3) is 0 Å². The summed E-state index contributed by atoms with van der Waals surface area (Å²) >= 11 is 0. The Balaban J connectivity index is 4.84. The van der Waals surface area contributed by atoms with Gasteiger partial charge in [0, 0.05) is 12.4 Å². The molecule has 0 aromatic heterocycles. The van der Waals surface area contributed by atoms with Crippen molar-refractivity contribution in [2.45, 2.75) is 85.0 Å². The van der Waals surface area contributed by atoms with Crippen LogP contribution in [-0.2, 0) is 0 Å². The van der Waals surface area contributed by atoms with E-state index in [1.807, 2.05) is 12.3 Å². The molecule has 22 heavy (non-hydrogen) atoms. The van der Waals surface area contributed by atoms with E-state index in [-0.39, 0.29) is 5.41 Å². The van der Waals surface area contributed by atoms with Gasteiger partial charge in [0.1, 0.15) is 0 Å². The first-order valence-electron chi connectivity index (χ1n) is 9.11. The van der Waals surface area contributed by atoms with E-state index < -0.39 is 0 Å². The number of nitrogens with zero attached hydrogens (tertiary/aromatic N) is 1. The summed E-state index contributed by atoms with van der Waals surface area (Å²) in [4.78, 5) is 4.34. The van der Waals surface area contributed by atoms with Gasteiger partial charge in [0.05, 0.1) is 0 Å². The second-order valence-corrected chi connectivity index (χ2v) is 6.50. The number of hydrogen-bond acceptors (Lipinski definition) is 1. The summed E-state index contributed by atoms with van der Waals surface area (Å²) in [5.41, 5.74) is 1.49. The van der Waals surface area contributed by atoms with Crippen LogP contribution < -0.4 is 0 Å². The molecule has 0 N–H and O–H groups in total. The lowest BCUT2D eigenvalue weighted by Crippen LogP contribution is -2.19. The predicted molar refractivity (Wildman–Crippen MR) is 103 cm³/mol. The van der Waals surface area contributed by atoms with Crippen LogP contribution in [0, 0.1) is 5.41 Å². The highest BCUT2D eigenvalue weighted by Crippen LogP contribution is 2.39. The zero-order valence-electron chi connectivity index (χ0n) is 15.2. The Morgan fingerprint density at radius 1 is 0.909 bits per heavy atom. The molecule has 0 unspecified atom stereocenters. The van der Waals surface area contributed by atoms with E-state index in [0.717, 1.165) is 0 Å². The topological polar surface area (TPSA) is 12.4 Å². The van der Waals surface area contributed by atoms with Crippen LogP contribution in [0.1, 0.15) is 85.0 Å². The lowest BCUT2D eigenvalue weighted by atomic mass is 9.74. The fourth-order valence-electron chi connectivity index (χ4n) is 2.94. The molecule has 0 aromatic rings. The minimum atomic E-state index is 0.210. The molecule has 0 aliphatic carbocycles. The number of unbranched alkanes of at least 4 members (excludes halogenated alkanes) is 6. The van der Waals surface area contributed by atoms with Crippen molar-refractivity contribution in [2.75, 3.05) is 0 Å². The van der Waals surface area contributed by atoms with E-state index in [1.54, 1.807) is 12.3 Å². The van der Waals surface area contributed by atoms with E-state index in [9.17, 15) is 0 Å². The first kappa shape index (κ1) is 20.9. The summed E-state index contributed by atoms with van der Waals surface area (Å²) in [6, 6.07) is 0. The Hall–Kier alpha value is -1.11. The summed E-state index contributed by atoms with van der Waals surface area (Å²) < 4.78 is 0. The van der Waals surface area contributed by atoms with Crippen LogP contribution in [0.5, 0.6) is 0 Å². The van der Waals surface area contributed by atoms with E-state index in [0.29, 0.717) is 0 Å². The third-order valence-corrected chi connectivity index (χ3v) is 4.49. The Bertz CT molecular complexity index is 337. The fraction of sp³-hybridized carbons (Fsp3) is 0.667. The normalized spacial score (nSPS) is 12.8. The van der Waals surface area contributed by atoms with Crippen molar-refractivity contribution in [2.24, 2.45) is 10.4 Å². The van der Waals surface area contributed by atoms with Crippen molar-refractivity contribution in [3.05, 3.63) is 37.1 Å². The molecule has 126 valence electrons. The highest BCUT2D eigenvalue weighted by atomic mass is 14.7. The molecule has 0 bridgehead atoms. The maximum Gasteiger partial charge on any atom is 0.0305 e. The van der Waals surface area contributed by atoms with E-state index in [4.69, 9.17) is 0 Å². The molecule has 0 saturated heterocycles. The molecule has 0 heterocycles. The second-order valence-electron chi connectivity index (χ2n) is 6.50. The minimum Gasteiger partial charge on any atom is -0.264 e. The van der Waals surface area contributed by atoms with Gasteiger partial charge in [-0.3, -0.25) is 4.99 Å². The lowest BCUT2D eigenvalue weighted by molar-refractivity contribution is 0.313. The fourth-order valence-corrected chi connectivity index (χ4v) is 2.94. The monoisotopic (exact) mass is 303 g/mol. The smallest absolute Gasteiger partial charge is 0.0305 e. The maximum absolute atomic E-state index is 4.34. The van der Waals surface area contributed by atoms with Gasteiger partial charge in [0.2, 0.25) is 0 Å². The number of rotatable bonds is 14. The van der Waals surface area contributed by atoms with Crippen molar-refractivity contribution in [1.82, 2.24) is 0 Å². The standard InChI is InChI=1S/C21H37N/c1-6-10-12-14-16-21(5,17-15-13-11-7-2)20(9-4)19-22-18-8-3/h8-9,18-19H,3-4,6-7,10-17H2,1-2,5H3/b20-19+,22-18-. The molecule has 0 radical (unpaired) electrons. The van der Waals surface area contributed by atoms with Gasteiger partial charge in [-0.2, -0.15) is 0 Å². The van der Waals surface area contributed by atoms with Crippen molar-refractivity contribution in [1.29, 1.82) is 0 Å². The van der Waals surface area contributed by atoms with Crippen LogP contribution >= 0.6 is 0 Å². The molecule has 0 atom stereocenters. The van der Waals surface area contributed by atoms with Gasteiger partial charge in [-0.25, -0.2) is 0 Å². The minimum absolute atomic E-state index is 0.210. The van der Waals surface area contributed by atoms with Gasteiger partial charge in [-0.15, -0.1) is 0 Å². The highest BCUT2D eigenvalue weighted by molar-refractivity contribution is 5.70. The average Bonchev–Trinajstić information content (AvgIpc) is 2.52. The Labute approximate surface area is 139 Å². The molecule has 0 spiro atoms. The van der Waals surface area contributed by atoms with Crippen LogP contribution in [0.25, 0.3) is 0 Å². The quantitative estimate of drug-likeness (QED) is 0.182. The van der Waals surface area contributed by atoms with E-state index >= 15 is 0 Å². The van der Waals surface area contributed by atoms with E-state index in [2.05, 4.69) is 38.9 Å². The van der Waals surface area contributed by atoms with Crippen molar-refractivity contribution in [3.8, 4) is 0 Å². The van der Waals surface area contributed by atoms with Crippen LogP contribution in [0.4, 0.5) is 0 Å². The molecule has 1 heteroatoms. The van der Waals surface area contributed by atoms with Crippen LogP contribution in [0.2, 0.25) is 0 Å². The van der Waals surface area contributed by atoms with Gasteiger partial charge >= 0.3 is 0 Å². The Morgan fingerprint density at radius 3 is 1.86 bits per heavy atom. The predicted octanol–water partition coefficient (Wildman–Crippen LogP) is 7.26. The molecule has 1 nitrogen and oxygen atoms in total. The third-order valence-electron chi connectivity index (χ3n) is 4.49. The largest absolute Gasteiger partial charge is 0.264 e. The number of allylic oxidation sites excluding steroid dienone is 3. The molecule has 0 fully saturated rings. The zero-order chi connectivity index (χ0) is 16.7. The molecule has 0 amide bonds. The molecule has 0 rings (SSSR count). The first-order valence-corrected chi connectivity index (χ1v) is 9.11. The average molecular weight is 304 g/mol. The lowest BCUT2D eigenvalue weighted by Gasteiger charge is -2.31. The molecule has 0 aromatic carbocycles. The van der Waals surface area contributed by atoms with Crippen LogP contribution in [-0.4, -0.2) is 6.21 Å². The summed E-state index contributed by atoms with van der Waals surface area (Å²) in [6.07, 6.45) is 20.5. The van der Waals surface area contributed by atoms with Crippen molar-refractivity contribution >= 4 is 6.21 Å². The summed E-state index contributed by atoms with van der Waals surface area (Å²) in [5, 5.41) is 0. The number of aliphatic imine (C=N–C) groups is 1. The van der Waals surface area contributed by atoms with Gasteiger partial charge in [-0.1, -0.05) is 97.4 Å². The van der Waals surface area contributed by atoms with Crippen LogP contribution in [0.15, 0.2) is 42.1 Å². The van der Waals surface area contributed by atoms with Gasteiger partial charge in [-0.05, 0) is 23.8 Å². The maximum atomic E-state index is 4.34. The van der Waals surface area contributed by atoms with Crippen molar-refractivity contribution in [3.63, 3.8) is 0 Å². The summed E-state index contributed by atoms with van der Waals surface area (Å²) in [5.74, 6) is 0. The van der Waals surface area contributed by atoms with Gasteiger partial charge in [0.15, 0.2) is 0 Å². The second kappa shape index (κ2) is 13.5. The zero-order valence-corrected chi connectivity index (χ0v) is 15.2. The van der Waals surface area contributed by atoms with Crippen molar-refractivity contribution < 1.29 is 0 Å². The molecule has 0 aliphatic heterocycles. The molecule has 0 aliphatic rings. The number of hydrogen-bond donors (Lipinski definition) is 0. The third kappa shape index (κ3) is 9.02. The summed E-state index contributed by atoms with van der Waals surface area (Å²) in [6.45, 7) is 14.6. The Kier molecular flexibility index (Phi) is 12.9. The highest BCUT2D eigenvalue weighted by Gasteiger charge is 2.26.